The van der Waals surface area contributed by atoms with E-state index in [1.165, 1.54) is 0 Å². The fourth-order valence-electron chi connectivity index (χ4n) is 2.13. The zero-order valence-electron chi connectivity index (χ0n) is 9.89. The number of halogens is 1. The number of hydrogen-bond donors (Lipinski definition) is 1. The fraction of sp³-hybridized carbons (Fsp3) is 0.462. The Morgan fingerprint density at radius 1 is 1.24 bits per heavy atom. The van der Waals surface area contributed by atoms with Gasteiger partial charge < -0.3 is 10.6 Å². The highest BCUT2D eigenvalue weighted by Crippen LogP contribution is 2.15. The number of carbonyl (C=O) groups excluding carboxylic acids is 1. The van der Waals surface area contributed by atoms with Gasteiger partial charge in [0.15, 0.2) is 0 Å². The lowest BCUT2D eigenvalue weighted by Crippen LogP contribution is -2.27. The lowest BCUT2D eigenvalue weighted by Gasteiger charge is -2.15. The molecule has 1 aromatic rings. The Kier molecular flexibility index (Phi) is 5.29. The number of nitrogen functional groups attached to an aromatic ring is 1. The van der Waals surface area contributed by atoms with E-state index in [0.717, 1.165) is 43.6 Å². The summed E-state index contributed by atoms with van der Waals surface area (Å²) >= 11 is 0. The first-order valence-corrected chi connectivity index (χ1v) is 5.88. The van der Waals surface area contributed by atoms with Crippen molar-refractivity contribution < 1.29 is 4.79 Å². The molecule has 0 aliphatic carbocycles. The standard InChI is InChI=1S/C13H18N2O.ClH/c14-12-6-2-1-5-11(12)7-8-13(16)15-9-3-4-10-15;/h1-2,5-6H,3-4,7-10,14H2;1H. The Hall–Kier alpha value is -1.22. The van der Waals surface area contributed by atoms with E-state index in [1.54, 1.807) is 0 Å². The molecular formula is C13H19ClN2O. The maximum atomic E-state index is 11.8. The summed E-state index contributed by atoms with van der Waals surface area (Å²) in [5, 5.41) is 0. The minimum Gasteiger partial charge on any atom is -0.399 e. The van der Waals surface area contributed by atoms with Gasteiger partial charge in [0, 0.05) is 25.2 Å². The van der Waals surface area contributed by atoms with Gasteiger partial charge in [-0.15, -0.1) is 12.4 Å². The van der Waals surface area contributed by atoms with Crippen LogP contribution < -0.4 is 5.73 Å². The van der Waals surface area contributed by atoms with Gasteiger partial charge in [-0.1, -0.05) is 18.2 Å². The van der Waals surface area contributed by atoms with E-state index < -0.39 is 0 Å². The quantitative estimate of drug-likeness (QED) is 0.841. The summed E-state index contributed by atoms with van der Waals surface area (Å²) in [4.78, 5) is 13.8. The Morgan fingerprint density at radius 3 is 2.53 bits per heavy atom. The molecule has 0 unspecified atom stereocenters. The lowest BCUT2D eigenvalue weighted by atomic mass is 10.1. The Labute approximate surface area is 108 Å². The molecule has 17 heavy (non-hydrogen) atoms. The van der Waals surface area contributed by atoms with E-state index in [0.29, 0.717) is 6.42 Å². The third kappa shape index (κ3) is 3.63. The largest absolute Gasteiger partial charge is 0.399 e. The Bertz CT molecular complexity index is 375. The Morgan fingerprint density at radius 2 is 1.88 bits per heavy atom. The van der Waals surface area contributed by atoms with Crippen LogP contribution in [0.3, 0.4) is 0 Å². The molecule has 2 N–H and O–H groups in total. The number of likely N-dealkylation sites (tertiary alicyclic amines) is 1. The minimum atomic E-state index is 0. The van der Waals surface area contributed by atoms with Crippen LogP contribution >= 0.6 is 12.4 Å². The molecule has 0 atom stereocenters. The van der Waals surface area contributed by atoms with Crippen LogP contribution in [0.1, 0.15) is 24.8 Å². The van der Waals surface area contributed by atoms with E-state index in [2.05, 4.69) is 0 Å². The second kappa shape index (κ2) is 6.50. The molecule has 1 aromatic carbocycles. The highest BCUT2D eigenvalue weighted by atomic mass is 35.5. The number of hydrogen-bond acceptors (Lipinski definition) is 2. The van der Waals surface area contributed by atoms with Crippen LogP contribution in [0.4, 0.5) is 5.69 Å². The summed E-state index contributed by atoms with van der Waals surface area (Å²) in [6, 6.07) is 7.76. The van der Waals surface area contributed by atoms with Crippen LogP contribution in [-0.2, 0) is 11.2 Å². The zero-order valence-corrected chi connectivity index (χ0v) is 10.7. The third-order valence-electron chi connectivity index (χ3n) is 3.12. The van der Waals surface area contributed by atoms with E-state index in [1.807, 2.05) is 29.2 Å². The molecule has 1 aliphatic heterocycles. The molecule has 1 saturated heterocycles. The van der Waals surface area contributed by atoms with Crippen molar-refractivity contribution in [2.24, 2.45) is 0 Å². The number of aryl methyl sites for hydroxylation is 1. The first-order valence-electron chi connectivity index (χ1n) is 5.88. The number of benzene rings is 1. The third-order valence-corrected chi connectivity index (χ3v) is 3.12. The molecule has 1 heterocycles. The van der Waals surface area contributed by atoms with Crippen LogP contribution in [-0.4, -0.2) is 23.9 Å². The van der Waals surface area contributed by atoms with Gasteiger partial charge in [0.05, 0.1) is 0 Å². The number of carbonyl (C=O) groups is 1. The molecule has 0 saturated carbocycles. The topological polar surface area (TPSA) is 46.3 Å². The lowest BCUT2D eigenvalue weighted by molar-refractivity contribution is -0.130. The van der Waals surface area contributed by atoms with Crippen molar-refractivity contribution in [3.8, 4) is 0 Å². The van der Waals surface area contributed by atoms with E-state index in [-0.39, 0.29) is 18.3 Å². The first kappa shape index (κ1) is 13.8. The van der Waals surface area contributed by atoms with Crippen molar-refractivity contribution in [1.82, 2.24) is 4.90 Å². The van der Waals surface area contributed by atoms with E-state index in [9.17, 15) is 4.79 Å². The molecule has 0 spiro atoms. The van der Waals surface area contributed by atoms with Gasteiger partial charge in [-0.05, 0) is 30.9 Å². The number of nitrogens with two attached hydrogens (primary N) is 1. The monoisotopic (exact) mass is 254 g/mol. The average molecular weight is 255 g/mol. The van der Waals surface area contributed by atoms with Crippen molar-refractivity contribution in [3.63, 3.8) is 0 Å². The molecule has 0 bridgehead atoms. The van der Waals surface area contributed by atoms with Crippen LogP contribution in [0.25, 0.3) is 0 Å². The zero-order chi connectivity index (χ0) is 11.4. The molecule has 94 valence electrons. The fourth-order valence-corrected chi connectivity index (χ4v) is 2.13. The summed E-state index contributed by atoms with van der Waals surface area (Å²) < 4.78 is 0. The molecule has 4 heteroatoms. The SMILES string of the molecule is Cl.Nc1ccccc1CCC(=O)N1CCCC1. The average Bonchev–Trinajstić information content (AvgIpc) is 2.81. The second-order valence-corrected chi connectivity index (χ2v) is 4.29. The van der Waals surface area contributed by atoms with Crippen LogP contribution in [0.2, 0.25) is 0 Å². The van der Waals surface area contributed by atoms with Crippen molar-refractivity contribution >= 4 is 24.0 Å². The molecule has 1 fully saturated rings. The predicted molar refractivity (Wildman–Crippen MR) is 72.2 cm³/mol. The number of para-hydroxylation sites is 1. The van der Waals surface area contributed by atoms with Crippen molar-refractivity contribution in [1.29, 1.82) is 0 Å². The summed E-state index contributed by atoms with van der Waals surface area (Å²) in [7, 11) is 0. The smallest absolute Gasteiger partial charge is 0.222 e. The molecule has 2 rings (SSSR count). The molecular weight excluding hydrogens is 236 g/mol. The second-order valence-electron chi connectivity index (χ2n) is 4.29. The summed E-state index contributed by atoms with van der Waals surface area (Å²) in [5.74, 6) is 0.265. The molecule has 1 aliphatic rings. The number of anilines is 1. The maximum Gasteiger partial charge on any atom is 0.222 e. The highest BCUT2D eigenvalue weighted by Gasteiger charge is 2.17. The molecule has 0 aromatic heterocycles. The molecule has 1 amide bonds. The summed E-state index contributed by atoms with van der Waals surface area (Å²) in [5.41, 5.74) is 7.70. The van der Waals surface area contributed by atoms with Gasteiger partial charge >= 0.3 is 0 Å². The molecule has 0 radical (unpaired) electrons. The van der Waals surface area contributed by atoms with Crippen LogP contribution in [0.5, 0.6) is 0 Å². The number of nitrogens with zero attached hydrogens (tertiary/aromatic N) is 1. The van der Waals surface area contributed by atoms with Crippen LogP contribution in [0, 0.1) is 0 Å². The minimum absolute atomic E-state index is 0. The van der Waals surface area contributed by atoms with Gasteiger partial charge in [-0.25, -0.2) is 0 Å². The van der Waals surface area contributed by atoms with Crippen molar-refractivity contribution in [2.45, 2.75) is 25.7 Å². The highest BCUT2D eigenvalue weighted by molar-refractivity contribution is 5.85. The molecule has 3 nitrogen and oxygen atoms in total. The first-order chi connectivity index (χ1) is 7.77. The summed E-state index contributed by atoms with van der Waals surface area (Å²) in [6.45, 7) is 1.87. The van der Waals surface area contributed by atoms with E-state index >= 15 is 0 Å². The van der Waals surface area contributed by atoms with Gasteiger partial charge in [-0.3, -0.25) is 4.79 Å². The Balaban J connectivity index is 0.00000144. The van der Waals surface area contributed by atoms with Crippen molar-refractivity contribution in [2.75, 3.05) is 18.8 Å². The van der Waals surface area contributed by atoms with Gasteiger partial charge in [0.2, 0.25) is 5.91 Å². The van der Waals surface area contributed by atoms with Gasteiger partial charge in [0.25, 0.3) is 0 Å². The van der Waals surface area contributed by atoms with Gasteiger partial charge in [0.1, 0.15) is 0 Å². The van der Waals surface area contributed by atoms with E-state index in [4.69, 9.17) is 5.73 Å². The van der Waals surface area contributed by atoms with Crippen LogP contribution in [0.15, 0.2) is 24.3 Å². The predicted octanol–water partition coefficient (Wildman–Crippen LogP) is 2.25. The normalized spacial score (nSPS) is 14.5. The summed E-state index contributed by atoms with van der Waals surface area (Å²) in [6.07, 6.45) is 3.63. The number of amides is 1. The van der Waals surface area contributed by atoms with Gasteiger partial charge in [-0.2, -0.15) is 0 Å². The maximum absolute atomic E-state index is 11.8. The van der Waals surface area contributed by atoms with Crippen molar-refractivity contribution in [3.05, 3.63) is 29.8 Å². The number of rotatable bonds is 3.